The van der Waals surface area contributed by atoms with Crippen molar-refractivity contribution in [2.75, 3.05) is 0 Å². The Morgan fingerprint density at radius 2 is 0.525 bits per heavy atom. The van der Waals surface area contributed by atoms with Gasteiger partial charge < -0.3 is 0 Å². The van der Waals surface area contributed by atoms with Gasteiger partial charge >= 0.3 is 0 Å². The second-order valence-corrected chi connectivity index (χ2v) is 8.59. The molecule has 0 aliphatic heterocycles. The van der Waals surface area contributed by atoms with Crippen LogP contribution in [0.2, 0.25) is 0 Å². The topological polar surface area (TPSA) is 0 Å². The molecule has 0 amide bonds. The predicted molar refractivity (Wildman–Crippen MR) is 156 cm³/mol. The predicted octanol–water partition coefficient (Wildman–Crippen LogP) is 7.56. The summed E-state index contributed by atoms with van der Waals surface area (Å²) in [5, 5.41) is 0. The van der Waals surface area contributed by atoms with Crippen molar-refractivity contribution in [3.8, 4) is 47.4 Å². The van der Waals surface area contributed by atoms with Crippen LogP contribution < -0.4 is 0 Å². The van der Waals surface area contributed by atoms with Crippen LogP contribution in [0.3, 0.4) is 0 Å². The van der Waals surface area contributed by atoms with Crippen molar-refractivity contribution in [1.82, 2.24) is 0 Å². The van der Waals surface area contributed by atoms with Crippen LogP contribution in [0.1, 0.15) is 44.5 Å². The van der Waals surface area contributed by atoms with E-state index in [4.69, 9.17) is 0 Å². The number of hydrogen-bond donors (Lipinski definition) is 0. The van der Waals surface area contributed by atoms with E-state index in [2.05, 4.69) is 47.4 Å². The molecule has 5 rings (SSSR count). The zero-order valence-corrected chi connectivity index (χ0v) is 21.3. The van der Waals surface area contributed by atoms with E-state index in [0.29, 0.717) is 22.3 Å². The van der Waals surface area contributed by atoms with Gasteiger partial charge in [0.05, 0.1) is 22.3 Å². The summed E-state index contributed by atoms with van der Waals surface area (Å²) in [6, 6.07) is 36.6. The molecule has 0 nitrogen and oxygen atoms in total. The van der Waals surface area contributed by atoms with Crippen LogP contribution in [-0.4, -0.2) is 0 Å². The van der Waals surface area contributed by atoms with Crippen LogP contribution in [0.15, 0.2) is 121 Å². The van der Waals surface area contributed by atoms with Crippen molar-refractivity contribution in [2.45, 2.75) is 0 Å². The molecule has 5 aromatic rings. The second kappa shape index (κ2) is 12.6. The molecule has 0 saturated carbocycles. The molecule has 0 unspecified atom stereocenters. The minimum Gasteiger partial charge on any atom is -0.204 e. The Morgan fingerprint density at radius 3 is 0.825 bits per heavy atom. The molecular formula is C38H20F2. The van der Waals surface area contributed by atoms with Gasteiger partial charge in [0.2, 0.25) is 0 Å². The minimum atomic E-state index is -0.869. The van der Waals surface area contributed by atoms with Gasteiger partial charge in [-0.05, 0) is 48.5 Å². The lowest BCUT2D eigenvalue weighted by atomic mass is 9.95. The van der Waals surface area contributed by atoms with Gasteiger partial charge in [-0.25, -0.2) is 8.78 Å². The fourth-order valence-electron chi connectivity index (χ4n) is 3.78. The van der Waals surface area contributed by atoms with Gasteiger partial charge in [-0.2, -0.15) is 0 Å². The third-order valence-corrected chi connectivity index (χ3v) is 5.80. The Balaban J connectivity index is 1.79. The maximum atomic E-state index is 16.1. The van der Waals surface area contributed by atoms with Crippen molar-refractivity contribution in [3.63, 3.8) is 0 Å². The molecule has 0 fully saturated rings. The van der Waals surface area contributed by atoms with E-state index in [-0.39, 0.29) is 16.7 Å². The van der Waals surface area contributed by atoms with Crippen molar-refractivity contribution in [1.29, 1.82) is 0 Å². The summed E-state index contributed by atoms with van der Waals surface area (Å²) in [4.78, 5) is 0. The summed E-state index contributed by atoms with van der Waals surface area (Å²) in [7, 11) is 0. The van der Waals surface area contributed by atoms with Gasteiger partial charge in [-0.15, -0.1) is 0 Å². The lowest BCUT2D eigenvalue weighted by Gasteiger charge is -2.08. The third-order valence-electron chi connectivity index (χ3n) is 5.80. The molecule has 0 heterocycles. The lowest BCUT2D eigenvalue weighted by Crippen LogP contribution is -2.05. The smallest absolute Gasteiger partial charge is 0.158 e. The quantitative estimate of drug-likeness (QED) is 0.187. The first-order valence-corrected chi connectivity index (χ1v) is 12.5. The second-order valence-electron chi connectivity index (χ2n) is 8.59. The normalized spacial score (nSPS) is 9.45. The number of halogens is 2. The number of rotatable bonds is 0. The highest BCUT2D eigenvalue weighted by Crippen LogP contribution is 2.25. The summed E-state index contributed by atoms with van der Waals surface area (Å²) in [6.07, 6.45) is 0. The van der Waals surface area contributed by atoms with Crippen LogP contribution in [-0.2, 0) is 0 Å². The number of hydrogen-bond acceptors (Lipinski definition) is 0. The largest absolute Gasteiger partial charge is 0.204 e. The van der Waals surface area contributed by atoms with Crippen LogP contribution in [0.25, 0.3) is 0 Å². The van der Waals surface area contributed by atoms with Gasteiger partial charge in [0, 0.05) is 22.3 Å². The van der Waals surface area contributed by atoms with Gasteiger partial charge in [-0.3, -0.25) is 0 Å². The minimum absolute atomic E-state index is 0.0524. The fraction of sp³-hybridized carbons (Fsp3) is 0. The molecule has 5 aromatic carbocycles. The van der Waals surface area contributed by atoms with Crippen LogP contribution in [0, 0.1) is 59.0 Å². The van der Waals surface area contributed by atoms with Gasteiger partial charge in [-0.1, -0.05) is 120 Å². The Bertz CT molecular complexity index is 1810. The van der Waals surface area contributed by atoms with Gasteiger partial charge in [0.15, 0.2) is 11.6 Å². The Kier molecular flexibility index (Phi) is 8.16. The average molecular weight is 515 g/mol. The molecule has 186 valence electrons. The van der Waals surface area contributed by atoms with Crippen LogP contribution in [0.4, 0.5) is 8.78 Å². The average Bonchev–Trinajstić information content (AvgIpc) is 3.01. The fourth-order valence-corrected chi connectivity index (χ4v) is 3.78. The summed E-state index contributed by atoms with van der Waals surface area (Å²) >= 11 is 0. The molecule has 0 spiro atoms. The molecule has 0 N–H and O–H groups in total. The molecule has 0 atom stereocenters. The van der Waals surface area contributed by atoms with Gasteiger partial charge in [0.1, 0.15) is 0 Å². The summed E-state index contributed by atoms with van der Waals surface area (Å²) in [6.45, 7) is 0. The summed E-state index contributed by atoms with van der Waals surface area (Å²) in [5.74, 6) is 21.6. The zero-order chi connectivity index (χ0) is 27.6. The lowest BCUT2D eigenvalue weighted by molar-refractivity contribution is 0.572. The molecule has 2 heteroatoms. The molecule has 0 aromatic heterocycles. The summed E-state index contributed by atoms with van der Waals surface area (Å²) < 4.78 is 32.2. The first-order valence-electron chi connectivity index (χ1n) is 12.5. The highest BCUT2D eigenvalue weighted by molar-refractivity contribution is 5.67. The van der Waals surface area contributed by atoms with E-state index >= 15 is 8.78 Å². The highest BCUT2D eigenvalue weighted by Gasteiger charge is 2.22. The van der Waals surface area contributed by atoms with E-state index in [0.717, 1.165) is 0 Å². The highest BCUT2D eigenvalue weighted by atomic mass is 19.1. The molecule has 0 radical (unpaired) electrons. The van der Waals surface area contributed by atoms with Crippen molar-refractivity contribution < 1.29 is 8.78 Å². The molecule has 0 aliphatic rings. The van der Waals surface area contributed by atoms with Crippen molar-refractivity contribution in [2.24, 2.45) is 0 Å². The molecule has 0 bridgehead atoms. The molecular weight excluding hydrogens is 494 g/mol. The van der Waals surface area contributed by atoms with Crippen molar-refractivity contribution in [3.05, 3.63) is 177 Å². The first-order chi connectivity index (χ1) is 19.7. The monoisotopic (exact) mass is 514 g/mol. The van der Waals surface area contributed by atoms with E-state index in [9.17, 15) is 0 Å². The maximum absolute atomic E-state index is 16.1. The summed E-state index contributed by atoms with van der Waals surface area (Å²) in [5.41, 5.74) is 2.26. The third kappa shape index (κ3) is 6.36. The Morgan fingerprint density at radius 1 is 0.275 bits per heavy atom. The van der Waals surface area contributed by atoms with Crippen LogP contribution >= 0.6 is 0 Å². The Labute approximate surface area is 233 Å². The van der Waals surface area contributed by atoms with E-state index in [1.54, 1.807) is 12.1 Å². The van der Waals surface area contributed by atoms with E-state index < -0.39 is 17.2 Å². The Hall–Kier alpha value is -5.80. The number of benzene rings is 5. The maximum Gasteiger partial charge on any atom is 0.158 e. The first kappa shape index (κ1) is 25.8. The van der Waals surface area contributed by atoms with E-state index in [1.165, 1.54) is 0 Å². The van der Waals surface area contributed by atoms with E-state index in [1.807, 2.05) is 109 Å². The van der Waals surface area contributed by atoms with Gasteiger partial charge in [0.25, 0.3) is 0 Å². The van der Waals surface area contributed by atoms with Crippen molar-refractivity contribution >= 4 is 0 Å². The molecule has 0 saturated heterocycles. The zero-order valence-electron chi connectivity index (χ0n) is 21.3. The standard InChI is InChI=1S/C38H20F2/c39-37-34(26-22-30-15-7-2-8-16-30)33(25-21-29-13-5-1-6-14-29)35(27-23-31-17-9-3-10-18-31)38(40)36(37)28-24-32-19-11-4-12-20-32/h1-20H. The molecule has 40 heavy (non-hydrogen) atoms. The van der Waals surface area contributed by atoms with Crippen LogP contribution in [0.5, 0.6) is 0 Å². The SMILES string of the molecule is Fc1c(C#Cc2ccccc2)c(F)c(C#Cc2ccccc2)c(C#Cc2ccccc2)c1C#Cc1ccccc1. The molecule has 0 aliphatic carbocycles.